The number of nitrogens with one attached hydrogen (secondary N) is 1. The van der Waals surface area contributed by atoms with E-state index in [-0.39, 0.29) is 18.1 Å². The van der Waals surface area contributed by atoms with Gasteiger partial charge in [0.25, 0.3) is 5.91 Å². The Kier molecular flexibility index (Phi) is 5.96. The molecule has 0 aliphatic carbocycles. The molecule has 0 bridgehead atoms. The zero-order valence-electron chi connectivity index (χ0n) is 12.5. The molecule has 1 aromatic rings. The summed E-state index contributed by atoms with van der Waals surface area (Å²) in [5.41, 5.74) is -1.09. The fraction of sp³-hybridized carbons (Fsp3) is 0.467. The molecule has 122 valence electrons. The summed E-state index contributed by atoms with van der Waals surface area (Å²) in [6, 6.07) is 3.05. The van der Waals surface area contributed by atoms with Crippen LogP contribution in [0.25, 0.3) is 0 Å². The number of rotatable bonds is 5. The lowest BCUT2D eigenvalue weighted by atomic mass is 10.1. The molecule has 0 aliphatic rings. The van der Waals surface area contributed by atoms with Crippen LogP contribution in [0.5, 0.6) is 0 Å². The van der Waals surface area contributed by atoms with E-state index in [0.717, 1.165) is 18.2 Å². The number of benzene rings is 1. The Morgan fingerprint density at radius 3 is 2.41 bits per heavy atom. The predicted octanol–water partition coefficient (Wildman–Crippen LogP) is 3.02. The van der Waals surface area contributed by atoms with E-state index in [9.17, 15) is 22.8 Å². The van der Waals surface area contributed by atoms with E-state index in [1.165, 1.54) is 13.0 Å². The lowest BCUT2D eigenvalue weighted by Gasteiger charge is -2.15. The number of carbonyl (C=O) groups excluding carboxylic acids is 2. The number of amides is 1. The molecule has 1 rings (SSSR count). The average Bonchev–Trinajstić information content (AvgIpc) is 2.43. The highest BCUT2D eigenvalue weighted by Gasteiger charge is 2.31. The summed E-state index contributed by atoms with van der Waals surface area (Å²) in [4.78, 5) is 23.5. The quantitative estimate of drug-likeness (QED) is 0.849. The maximum atomic E-state index is 12.6. The highest BCUT2D eigenvalue weighted by atomic mass is 19.4. The summed E-state index contributed by atoms with van der Waals surface area (Å²) in [5.74, 6) is -1.25. The van der Waals surface area contributed by atoms with Gasteiger partial charge in [-0.2, -0.15) is 13.2 Å². The SMILES string of the molecule is CC(C)COC(=O)C(C)NC(=O)c1cccc(C(F)(F)F)c1. The second-order valence-corrected chi connectivity index (χ2v) is 5.30. The molecule has 22 heavy (non-hydrogen) atoms. The molecule has 0 saturated heterocycles. The Morgan fingerprint density at radius 1 is 1.23 bits per heavy atom. The molecular weight excluding hydrogens is 299 g/mol. The topological polar surface area (TPSA) is 55.4 Å². The standard InChI is InChI=1S/C15H18F3NO3/c1-9(2)8-22-14(21)10(3)19-13(20)11-5-4-6-12(7-11)15(16,17)18/h4-7,9-10H,8H2,1-3H3,(H,19,20). The van der Waals surface area contributed by atoms with Crippen LogP contribution in [0.1, 0.15) is 36.7 Å². The molecule has 1 aromatic carbocycles. The van der Waals surface area contributed by atoms with Crippen LogP contribution in [0.4, 0.5) is 13.2 Å². The minimum absolute atomic E-state index is 0.148. The van der Waals surface area contributed by atoms with Crippen molar-refractivity contribution in [3.63, 3.8) is 0 Å². The molecule has 1 N–H and O–H groups in total. The van der Waals surface area contributed by atoms with Gasteiger partial charge >= 0.3 is 12.1 Å². The summed E-state index contributed by atoms with van der Waals surface area (Å²) in [5, 5.41) is 2.32. The zero-order valence-corrected chi connectivity index (χ0v) is 12.5. The first-order chi connectivity index (χ1) is 10.1. The zero-order chi connectivity index (χ0) is 16.9. The molecule has 0 aromatic heterocycles. The van der Waals surface area contributed by atoms with Gasteiger partial charge in [-0.3, -0.25) is 4.79 Å². The van der Waals surface area contributed by atoms with Crippen molar-refractivity contribution < 1.29 is 27.5 Å². The maximum Gasteiger partial charge on any atom is 0.416 e. The van der Waals surface area contributed by atoms with Crippen molar-refractivity contribution in [2.24, 2.45) is 5.92 Å². The number of hydrogen-bond donors (Lipinski definition) is 1. The molecule has 1 atom stereocenters. The van der Waals surface area contributed by atoms with E-state index >= 15 is 0 Å². The summed E-state index contributed by atoms with van der Waals surface area (Å²) in [6.07, 6.45) is -4.53. The van der Waals surface area contributed by atoms with Gasteiger partial charge in [0, 0.05) is 5.56 Å². The fourth-order valence-corrected chi connectivity index (χ4v) is 1.55. The monoisotopic (exact) mass is 317 g/mol. The molecule has 0 saturated carbocycles. The Morgan fingerprint density at radius 2 is 1.86 bits per heavy atom. The Bertz CT molecular complexity index is 541. The molecule has 0 fully saturated rings. The van der Waals surface area contributed by atoms with E-state index in [1.54, 1.807) is 0 Å². The summed E-state index contributed by atoms with van der Waals surface area (Å²) in [7, 11) is 0. The Balaban J connectivity index is 2.71. The maximum absolute atomic E-state index is 12.6. The van der Waals surface area contributed by atoms with Crippen LogP contribution in [0.15, 0.2) is 24.3 Å². The first-order valence-electron chi connectivity index (χ1n) is 6.76. The van der Waals surface area contributed by atoms with Gasteiger partial charge in [-0.15, -0.1) is 0 Å². The van der Waals surface area contributed by atoms with Crippen molar-refractivity contribution >= 4 is 11.9 Å². The van der Waals surface area contributed by atoms with Crippen molar-refractivity contribution in [3.05, 3.63) is 35.4 Å². The average molecular weight is 317 g/mol. The van der Waals surface area contributed by atoms with E-state index in [1.807, 2.05) is 13.8 Å². The minimum atomic E-state index is -4.53. The number of halogens is 3. The number of alkyl halides is 3. The first kappa shape index (κ1) is 18.0. The van der Waals surface area contributed by atoms with Crippen LogP contribution < -0.4 is 5.32 Å². The third-order valence-corrected chi connectivity index (χ3v) is 2.71. The molecule has 0 aliphatic heterocycles. The molecule has 0 heterocycles. The van der Waals surface area contributed by atoms with Crippen LogP contribution >= 0.6 is 0 Å². The van der Waals surface area contributed by atoms with Crippen molar-refractivity contribution in [1.82, 2.24) is 5.32 Å². The highest BCUT2D eigenvalue weighted by molar-refractivity contribution is 5.96. The highest BCUT2D eigenvalue weighted by Crippen LogP contribution is 2.29. The normalized spacial score (nSPS) is 12.9. The van der Waals surface area contributed by atoms with Crippen LogP contribution in [0.3, 0.4) is 0 Å². The summed E-state index contributed by atoms with van der Waals surface area (Å²) >= 11 is 0. The van der Waals surface area contributed by atoms with Gasteiger partial charge in [-0.25, -0.2) is 4.79 Å². The van der Waals surface area contributed by atoms with Crippen molar-refractivity contribution in [1.29, 1.82) is 0 Å². The van der Waals surface area contributed by atoms with E-state index < -0.39 is 29.7 Å². The third kappa shape index (κ3) is 5.38. The van der Waals surface area contributed by atoms with E-state index in [2.05, 4.69) is 5.32 Å². The number of esters is 1. The van der Waals surface area contributed by atoms with Gasteiger partial charge in [0.1, 0.15) is 6.04 Å². The summed E-state index contributed by atoms with van der Waals surface area (Å²) in [6.45, 7) is 5.34. The van der Waals surface area contributed by atoms with Crippen LogP contribution in [0.2, 0.25) is 0 Å². The van der Waals surface area contributed by atoms with Gasteiger partial charge < -0.3 is 10.1 Å². The van der Waals surface area contributed by atoms with E-state index in [4.69, 9.17) is 4.74 Å². The fourth-order valence-electron chi connectivity index (χ4n) is 1.55. The molecule has 0 spiro atoms. The number of ether oxygens (including phenoxy) is 1. The molecule has 4 nitrogen and oxygen atoms in total. The molecule has 1 amide bonds. The molecule has 0 radical (unpaired) electrons. The van der Waals surface area contributed by atoms with Gasteiger partial charge in [0.15, 0.2) is 0 Å². The minimum Gasteiger partial charge on any atom is -0.464 e. The van der Waals surface area contributed by atoms with Crippen LogP contribution in [0, 0.1) is 5.92 Å². The number of carbonyl (C=O) groups is 2. The Labute approximate surface area is 126 Å². The second kappa shape index (κ2) is 7.29. The molecular formula is C15H18F3NO3. The lowest BCUT2D eigenvalue weighted by Crippen LogP contribution is -2.40. The number of hydrogen-bond acceptors (Lipinski definition) is 3. The first-order valence-corrected chi connectivity index (χ1v) is 6.76. The van der Waals surface area contributed by atoms with Gasteiger partial charge in [0.2, 0.25) is 0 Å². The molecule has 7 heteroatoms. The van der Waals surface area contributed by atoms with Crippen molar-refractivity contribution in [3.8, 4) is 0 Å². The Hall–Kier alpha value is -2.05. The predicted molar refractivity (Wildman–Crippen MR) is 74.2 cm³/mol. The van der Waals surface area contributed by atoms with E-state index in [0.29, 0.717) is 0 Å². The smallest absolute Gasteiger partial charge is 0.416 e. The van der Waals surface area contributed by atoms with Gasteiger partial charge in [-0.1, -0.05) is 19.9 Å². The van der Waals surface area contributed by atoms with Crippen LogP contribution in [-0.4, -0.2) is 24.5 Å². The van der Waals surface area contributed by atoms with Gasteiger partial charge in [0.05, 0.1) is 12.2 Å². The van der Waals surface area contributed by atoms with Crippen molar-refractivity contribution in [2.45, 2.75) is 33.0 Å². The lowest BCUT2D eigenvalue weighted by molar-refractivity contribution is -0.146. The van der Waals surface area contributed by atoms with Crippen molar-refractivity contribution in [2.75, 3.05) is 6.61 Å². The largest absolute Gasteiger partial charge is 0.464 e. The van der Waals surface area contributed by atoms with Gasteiger partial charge in [-0.05, 0) is 31.0 Å². The summed E-state index contributed by atoms with van der Waals surface area (Å²) < 4.78 is 42.7. The third-order valence-electron chi connectivity index (χ3n) is 2.71. The second-order valence-electron chi connectivity index (χ2n) is 5.30. The van der Waals surface area contributed by atoms with Crippen LogP contribution in [-0.2, 0) is 15.7 Å². The molecule has 1 unspecified atom stereocenters.